The molecule has 0 bridgehead atoms. The number of hydrogen-bond acceptors (Lipinski definition) is 7. The Bertz CT molecular complexity index is 859. The Morgan fingerprint density at radius 2 is 2.00 bits per heavy atom. The van der Waals surface area contributed by atoms with Crippen LogP contribution in [0.5, 0.6) is 17.4 Å². The van der Waals surface area contributed by atoms with Crippen molar-refractivity contribution >= 4 is 10.0 Å². The van der Waals surface area contributed by atoms with Crippen molar-refractivity contribution in [2.75, 3.05) is 26.3 Å². The summed E-state index contributed by atoms with van der Waals surface area (Å²) in [6, 6.07) is 8.11. The summed E-state index contributed by atoms with van der Waals surface area (Å²) in [6.45, 7) is 1.54. The lowest BCUT2D eigenvalue weighted by molar-refractivity contribution is 0.171. The SMILES string of the molecule is O=S(=O)(c1ccc2c(c1)OCCO2)N1CC[C@@H](Oc2cccnn2)C1. The molecule has 132 valence electrons. The minimum atomic E-state index is -3.62. The molecule has 0 saturated carbocycles. The second-order valence-electron chi connectivity index (χ2n) is 5.76. The summed E-state index contributed by atoms with van der Waals surface area (Å²) in [4.78, 5) is 0.192. The van der Waals surface area contributed by atoms with Gasteiger partial charge in [0.05, 0.1) is 11.4 Å². The third-order valence-electron chi connectivity index (χ3n) is 4.09. The van der Waals surface area contributed by atoms with Crippen molar-refractivity contribution in [3.8, 4) is 17.4 Å². The maximum absolute atomic E-state index is 12.9. The Morgan fingerprint density at radius 1 is 1.16 bits per heavy atom. The molecule has 0 radical (unpaired) electrons. The zero-order chi connectivity index (χ0) is 17.3. The van der Waals surface area contributed by atoms with Gasteiger partial charge in [0.2, 0.25) is 15.9 Å². The Morgan fingerprint density at radius 3 is 2.80 bits per heavy atom. The Hall–Kier alpha value is -2.39. The lowest BCUT2D eigenvalue weighted by atomic mass is 10.3. The molecule has 0 unspecified atom stereocenters. The number of rotatable bonds is 4. The number of benzene rings is 1. The van der Waals surface area contributed by atoms with Crippen LogP contribution in [0, 0.1) is 0 Å². The number of ether oxygens (including phenoxy) is 3. The van der Waals surface area contributed by atoms with Crippen LogP contribution in [0.25, 0.3) is 0 Å². The first-order valence-electron chi connectivity index (χ1n) is 7.97. The molecule has 25 heavy (non-hydrogen) atoms. The monoisotopic (exact) mass is 363 g/mol. The number of aromatic nitrogens is 2. The minimum absolute atomic E-state index is 0.192. The van der Waals surface area contributed by atoms with Gasteiger partial charge in [-0.05, 0) is 24.6 Å². The van der Waals surface area contributed by atoms with E-state index >= 15 is 0 Å². The first-order valence-corrected chi connectivity index (χ1v) is 9.41. The molecule has 4 rings (SSSR count). The van der Waals surface area contributed by atoms with Crippen molar-refractivity contribution in [1.82, 2.24) is 14.5 Å². The maximum Gasteiger partial charge on any atom is 0.243 e. The Balaban J connectivity index is 1.49. The number of sulfonamides is 1. The standard InChI is InChI=1S/C16H17N3O5S/c20-25(21,13-3-4-14-15(10-13)23-9-8-22-14)19-7-5-12(11-19)24-16-2-1-6-17-18-16/h1-4,6,10,12H,5,7-9,11H2/t12-/m1/s1. The molecular formula is C16H17N3O5S. The predicted octanol–water partition coefficient (Wildman–Crippen LogP) is 1.09. The van der Waals surface area contributed by atoms with E-state index in [-0.39, 0.29) is 17.5 Å². The molecule has 0 spiro atoms. The molecule has 0 N–H and O–H groups in total. The van der Waals surface area contributed by atoms with E-state index in [2.05, 4.69) is 10.2 Å². The van der Waals surface area contributed by atoms with Gasteiger partial charge >= 0.3 is 0 Å². The first-order chi connectivity index (χ1) is 12.1. The van der Waals surface area contributed by atoms with Crippen LogP contribution in [0.1, 0.15) is 6.42 Å². The highest BCUT2D eigenvalue weighted by Gasteiger charge is 2.34. The van der Waals surface area contributed by atoms with E-state index in [0.717, 1.165) is 0 Å². The molecule has 1 fully saturated rings. The summed E-state index contributed by atoms with van der Waals surface area (Å²) < 4.78 is 43.8. The predicted molar refractivity (Wildman–Crippen MR) is 87.3 cm³/mol. The molecule has 8 nitrogen and oxygen atoms in total. The van der Waals surface area contributed by atoms with Crippen molar-refractivity contribution in [3.05, 3.63) is 36.5 Å². The summed E-state index contributed by atoms with van der Waals surface area (Å²) in [5, 5.41) is 7.62. The van der Waals surface area contributed by atoms with Gasteiger partial charge in [0.1, 0.15) is 19.3 Å². The highest BCUT2D eigenvalue weighted by atomic mass is 32.2. The number of nitrogens with zero attached hydrogens (tertiary/aromatic N) is 3. The van der Waals surface area contributed by atoms with Gasteiger partial charge in [-0.15, -0.1) is 5.10 Å². The summed E-state index contributed by atoms with van der Waals surface area (Å²) in [6.07, 6.45) is 1.91. The molecule has 9 heteroatoms. The van der Waals surface area contributed by atoms with Crippen LogP contribution in [-0.2, 0) is 10.0 Å². The van der Waals surface area contributed by atoms with E-state index in [0.29, 0.717) is 43.6 Å². The molecule has 1 aromatic carbocycles. The van der Waals surface area contributed by atoms with Gasteiger partial charge in [-0.25, -0.2) is 8.42 Å². The van der Waals surface area contributed by atoms with Crippen LogP contribution in [0.4, 0.5) is 0 Å². The second kappa shape index (κ2) is 6.49. The Labute approximate surface area is 145 Å². The lowest BCUT2D eigenvalue weighted by Gasteiger charge is -2.21. The van der Waals surface area contributed by atoms with Gasteiger partial charge in [0.15, 0.2) is 11.5 Å². The third kappa shape index (κ3) is 3.24. The molecule has 1 aromatic heterocycles. The van der Waals surface area contributed by atoms with Crippen LogP contribution in [0.3, 0.4) is 0 Å². The number of fused-ring (bicyclic) bond motifs is 1. The van der Waals surface area contributed by atoms with E-state index in [1.807, 2.05) is 0 Å². The van der Waals surface area contributed by atoms with Crippen molar-refractivity contribution in [3.63, 3.8) is 0 Å². The molecule has 2 aliphatic heterocycles. The van der Waals surface area contributed by atoms with Crippen LogP contribution in [-0.4, -0.2) is 55.3 Å². The largest absolute Gasteiger partial charge is 0.486 e. The average molecular weight is 363 g/mol. The zero-order valence-corrected chi connectivity index (χ0v) is 14.2. The topological polar surface area (TPSA) is 90.9 Å². The van der Waals surface area contributed by atoms with Gasteiger partial charge < -0.3 is 14.2 Å². The van der Waals surface area contributed by atoms with E-state index in [1.54, 1.807) is 30.5 Å². The highest BCUT2D eigenvalue weighted by molar-refractivity contribution is 7.89. The maximum atomic E-state index is 12.9. The van der Waals surface area contributed by atoms with Gasteiger partial charge in [0.25, 0.3) is 0 Å². The fourth-order valence-corrected chi connectivity index (χ4v) is 4.37. The van der Waals surface area contributed by atoms with Crippen LogP contribution < -0.4 is 14.2 Å². The van der Waals surface area contributed by atoms with E-state index in [1.165, 1.54) is 10.4 Å². The smallest absolute Gasteiger partial charge is 0.243 e. The van der Waals surface area contributed by atoms with E-state index in [9.17, 15) is 8.42 Å². The fraction of sp³-hybridized carbons (Fsp3) is 0.375. The zero-order valence-electron chi connectivity index (χ0n) is 13.4. The van der Waals surface area contributed by atoms with Crippen molar-refractivity contribution in [2.45, 2.75) is 17.4 Å². The van der Waals surface area contributed by atoms with Crippen molar-refractivity contribution < 1.29 is 22.6 Å². The molecule has 1 saturated heterocycles. The minimum Gasteiger partial charge on any atom is -0.486 e. The summed E-state index contributed by atoms with van der Waals surface area (Å²) in [7, 11) is -3.62. The third-order valence-corrected chi connectivity index (χ3v) is 5.96. The quantitative estimate of drug-likeness (QED) is 0.803. The normalized spacial score (nSPS) is 20.4. The highest BCUT2D eigenvalue weighted by Crippen LogP contribution is 2.34. The number of hydrogen-bond donors (Lipinski definition) is 0. The van der Waals surface area contributed by atoms with Crippen LogP contribution in [0.2, 0.25) is 0 Å². The van der Waals surface area contributed by atoms with E-state index < -0.39 is 10.0 Å². The summed E-state index contributed by atoms with van der Waals surface area (Å²) in [5.41, 5.74) is 0. The summed E-state index contributed by atoms with van der Waals surface area (Å²) in [5.74, 6) is 1.42. The molecule has 2 aromatic rings. The lowest BCUT2D eigenvalue weighted by Crippen LogP contribution is -2.31. The molecule has 2 aliphatic rings. The Kier molecular flexibility index (Phi) is 4.18. The van der Waals surface area contributed by atoms with Crippen molar-refractivity contribution in [2.24, 2.45) is 0 Å². The van der Waals surface area contributed by atoms with E-state index in [4.69, 9.17) is 14.2 Å². The van der Waals surface area contributed by atoms with Gasteiger partial charge in [-0.1, -0.05) is 0 Å². The van der Waals surface area contributed by atoms with Gasteiger partial charge in [-0.3, -0.25) is 0 Å². The molecule has 3 heterocycles. The van der Waals surface area contributed by atoms with Crippen LogP contribution >= 0.6 is 0 Å². The van der Waals surface area contributed by atoms with Crippen LogP contribution in [0.15, 0.2) is 41.4 Å². The molecule has 1 atom stereocenters. The molecule has 0 aliphatic carbocycles. The fourth-order valence-electron chi connectivity index (χ4n) is 2.87. The second-order valence-corrected chi connectivity index (χ2v) is 7.70. The summed E-state index contributed by atoms with van der Waals surface area (Å²) >= 11 is 0. The molecule has 0 amide bonds. The van der Waals surface area contributed by atoms with Gasteiger partial charge in [0, 0.05) is 24.9 Å². The molecular weight excluding hydrogens is 346 g/mol. The first kappa shape index (κ1) is 16.1. The van der Waals surface area contributed by atoms with Crippen molar-refractivity contribution in [1.29, 1.82) is 0 Å². The average Bonchev–Trinajstić information content (AvgIpc) is 3.11. The van der Waals surface area contributed by atoms with Gasteiger partial charge in [-0.2, -0.15) is 9.40 Å².